The van der Waals surface area contributed by atoms with E-state index in [1.807, 2.05) is 30.3 Å². The summed E-state index contributed by atoms with van der Waals surface area (Å²) in [5, 5.41) is 2.95. The normalized spacial score (nSPS) is 10.1. The van der Waals surface area contributed by atoms with Crippen molar-refractivity contribution >= 4 is 28.5 Å². The predicted molar refractivity (Wildman–Crippen MR) is 84.8 cm³/mol. The zero-order valence-electron chi connectivity index (χ0n) is 10.6. The maximum Gasteiger partial charge on any atom is 0.251 e. The van der Waals surface area contributed by atoms with E-state index in [2.05, 4.69) is 34.5 Å². The van der Waals surface area contributed by atoms with Crippen molar-refractivity contribution in [2.45, 2.75) is 32.1 Å². The third-order valence-electron chi connectivity index (χ3n) is 2.73. The minimum Gasteiger partial charge on any atom is -0.352 e. The lowest BCUT2D eigenvalue weighted by Crippen LogP contribution is -2.24. The van der Waals surface area contributed by atoms with Gasteiger partial charge in [-0.25, -0.2) is 0 Å². The molecule has 1 amide bonds. The molecule has 0 fully saturated rings. The van der Waals surface area contributed by atoms with Crippen LogP contribution < -0.4 is 5.32 Å². The first-order valence-electron chi connectivity index (χ1n) is 6.38. The maximum atomic E-state index is 11.8. The largest absolute Gasteiger partial charge is 0.352 e. The van der Waals surface area contributed by atoms with Gasteiger partial charge in [0.1, 0.15) is 0 Å². The van der Waals surface area contributed by atoms with Gasteiger partial charge < -0.3 is 5.32 Å². The van der Waals surface area contributed by atoms with Crippen LogP contribution in [-0.2, 0) is 0 Å². The highest BCUT2D eigenvalue weighted by Crippen LogP contribution is 2.07. The first-order valence-corrected chi connectivity index (χ1v) is 7.46. The van der Waals surface area contributed by atoms with E-state index in [4.69, 9.17) is 0 Å². The van der Waals surface area contributed by atoms with Crippen LogP contribution in [0.4, 0.5) is 0 Å². The molecule has 0 saturated carbocycles. The van der Waals surface area contributed by atoms with Crippen molar-refractivity contribution in [3.63, 3.8) is 0 Å². The summed E-state index contributed by atoms with van der Waals surface area (Å²) in [5.74, 6) is 0.0255. The van der Waals surface area contributed by atoms with Gasteiger partial charge in [0.2, 0.25) is 0 Å². The third kappa shape index (κ3) is 6.19. The Morgan fingerprint density at radius 1 is 1.17 bits per heavy atom. The molecular formula is C15H20INO. The van der Waals surface area contributed by atoms with Crippen molar-refractivity contribution in [1.82, 2.24) is 5.32 Å². The Hall–Kier alpha value is -0.840. The van der Waals surface area contributed by atoms with Crippen LogP contribution in [0.1, 0.15) is 42.5 Å². The SMILES string of the molecule is C=CCCCCCCNC(=O)c1ccc(I)cc1. The number of unbranched alkanes of at least 4 members (excludes halogenated alkanes) is 4. The van der Waals surface area contributed by atoms with Crippen molar-refractivity contribution in [3.8, 4) is 0 Å². The molecule has 0 unspecified atom stereocenters. The molecule has 0 aliphatic heterocycles. The van der Waals surface area contributed by atoms with E-state index < -0.39 is 0 Å². The molecule has 18 heavy (non-hydrogen) atoms. The quantitative estimate of drug-likeness (QED) is 0.423. The lowest BCUT2D eigenvalue weighted by atomic mass is 10.1. The minimum absolute atomic E-state index is 0.0255. The third-order valence-corrected chi connectivity index (χ3v) is 3.45. The highest BCUT2D eigenvalue weighted by Gasteiger charge is 2.03. The molecule has 0 atom stereocenters. The van der Waals surface area contributed by atoms with Crippen molar-refractivity contribution in [2.24, 2.45) is 0 Å². The van der Waals surface area contributed by atoms with Gasteiger partial charge in [-0.2, -0.15) is 0 Å². The van der Waals surface area contributed by atoms with E-state index in [-0.39, 0.29) is 5.91 Å². The fourth-order valence-electron chi connectivity index (χ4n) is 1.67. The fourth-order valence-corrected chi connectivity index (χ4v) is 2.03. The van der Waals surface area contributed by atoms with Gasteiger partial charge in [-0.05, 0) is 66.1 Å². The summed E-state index contributed by atoms with van der Waals surface area (Å²) < 4.78 is 1.14. The van der Waals surface area contributed by atoms with Gasteiger partial charge in [-0.1, -0.05) is 18.9 Å². The number of amides is 1. The van der Waals surface area contributed by atoms with Gasteiger partial charge in [0.05, 0.1) is 0 Å². The molecule has 0 bridgehead atoms. The van der Waals surface area contributed by atoms with Crippen molar-refractivity contribution in [1.29, 1.82) is 0 Å². The first-order chi connectivity index (χ1) is 8.74. The highest BCUT2D eigenvalue weighted by atomic mass is 127. The molecule has 1 aromatic carbocycles. The molecule has 0 aromatic heterocycles. The number of rotatable bonds is 8. The zero-order valence-corrected chi connectivity index (χ0v) is 12.8. The van der Waals surface area contributed by atoms with Gasteiger partial charge in [0, 0.05) is 15.7 Å². The number of allylic oxidation sites excluding steroid dienone is 1. The predicted octanol–water partition coefficient (Wildman–Crippen LogP) is 4.16. The van der Waals surface area contributed by atoms with Crippen molar-refractivity contribution in [3.05, 3.63) is 46.1 Å². The second-order valence-electron chi connectivity index (χ2n) is 4.25. The molecule has 98 valence electrons. The number of benzene rings is 1. The van der Waals surface area contributed by atoms with Gasteiger partial charge in [0.15, 0.2) is 0 Å². The van der Waals surface area contributed by atoms with Crippen LogP contribution in [0.2, 0.25) is 0 Å². The Morgan fingerprint density at radius 3 is 2.50 bits per heavy atom. The number of hydrogen-bond acceptors (Lipinski definition) is 1. The van der Waals surface area contributed by atoms with E-state index in [0.29, 0.717) is 0 Å². The van der Waals surface area contributed by atoms with Gasteiger partial charge in [-0.3, -0.25) is 4.79 Å². The fraction of sp³-hybridized carbons (Fsp3) is 0.400. The summed E-state index contributed by atoms with van der Waals surface area (Å²) in [7, 11) is 0. The molecule has 1 rings (SSSR count). The van der Waals surface area contributed by atoms with Crippen molar-refractivity contribution in [2.75, 3.05) is 6.54 Å². The number of hydrogen-bond donors (Lipinski definition) is 1. The van der Waals surface area contributed by atoms with E-state index in [0.717, 1.165) is 28.5 Å². The lowest BCUT2D eigenvalue weighted by Gasteiger charge is -2.05. The molecule has 0 radical (unpaired) electrons. The number of nitrogens with one attached hydrogen (secondary N) is 1. The van der Waals surface area contributed by atoms with Gasteiger partial charge >= 0.3 is 0 Å². The van der Waals surface area contributed by atoms with Crippen LogP contribution in [0.15, 0.2) is 36.9 Å². The molecule has 3 heteroatoms. The monoisotopic (exact) mass is 357 g/mol. The maximum absolute atomic E-state index is 11.8. The average molecular weight is 357 g/mol. The Kier molecular flexibility index (Phi) is 7.73. The molecule has 0 spiro atoms. The van der Waals surface area contributed by atoms with Crippen LogP contribution >= 0.6 is 22.6 Å². The van der Waals surface area contributed by atoms with Crippen molar-refractivity contribution < 1.29 is 4.79 Å². The van der Waals surface area contributed by atoms with Gasteiger partial charge in [-0.15, -0.1) is 6.58 Å². The summed E-state index contributed by atoms with van der Waals surface area (Å²) in [6, 6.07) is 7.62. The summed E-state index contributed by atoms with van der Waals surface area (Å²) in [5.41, 5.74) is 0.738. The Labute approximate surface area is 123 Å². The number of carbonyl (C=O) groups is 1. The molecule has 2 nitrogen and oxygen atoms in total. The van der Waals surface area contributed by atoms with Crippen LogP contribution in [-0.4, -0.2) is 12.5 Å². The van der Waals surface area contributed by atoms with Crippen LogP contribution in [0, 0.1) is 3.57 Å². The minimum atomic E-state index is 0.0255. The summed E-state index contributed by atoms with van der Waals surface area (Å²) in [4.78, 5) is 11.8. The Bertz CT molecular complexity index is 373. The molecular weight excluding hydrogens is 337 g/mol. The summed E-state index contributed by atoms with van der Waals surface area (Å²) in [6.45, 7) is 4.46. The Balaban J connectivity index is 2.13. The number of carbonyl (C=O) groups excluding carboxylic acids is 1. The second kappa shape index (κ2) is 9.14. The van der Waals surface area contributed by atoms with Crippen LogP contribution in [0.3, 0.4) is 0 Å². The molecule has 0 aliphatic carbocycles. The topological polar surface area (TPSA) is 29.1 Å². The van der Waals surface area contributed by atoms with Gasteiger partial charge in [0.25, 0.3) is 5.91 Å². The Morgan fingerprint density at radius 2 is 1.83 bits per heavy atom. The van der Waals surface area contributed by atoms with Crippen LogP contribution in [0.25, 0.3) is 0 Å². The average Bonchev–Trinajstić information content (AvgIpc) is 2.38. The lowest BCUT2D eigenvalue weighted by molar-refractivity contribution is 0.0953. The van der Waals surface area contributed by atoms with E-state index in [1.165, 1.54) is 19.3 Å². The van der Waals surface area contributed by atoms with E-state index in [9.17, 15) is 4.79 Å². The van der Waals surface area contributed by atoms with Crippen LogP contribution in [0.5, 0.6) is 0 Å². The second-order valence-corrected chi connectivity index (χ2v) is 5.50. The summed E-state index contributed by atoms with van der Waals surface area (Å²) in [6.07, 6.45) is 7.68. The number of halogens is 1. The molecule has 1 aromatic rings. The molecule has 0 aliphatic rings. The smallest absolute Gasteiger partial charge is 0.251 e. The molecule has 0 heterocycles. The molecule has 0 saturated heterocycles. The first kappa shape index (κ1) is 15.2. The van der Waals surface area contributed by atoms with E-state index in [1.54, 1.807) is 0 Å². The molecule has 1 N–H and O–H groups in total. The standard InChI is InChI=1S/C15H20INO/c1-2-3-4-5-6-7-12-17-15(18)13-8-10-14(16)11-9-13/h2,8-11H,1,3-7,12H2,(H,17,18). The highest BCUT2D eigenvalue weighted by molar-refractivity contribution is 14.1. The zero-order chi connectivity index (χ0) is 13.2. The summed E-state index contributed by atoms with van der Waals surface area (Å²) >= 11 is 2.23. The van der Waals surface area contributed by atoms with E-state index >= 15 is 0 Å².